The van der Waals surface area contributed by atoms with Crippen molar-refractivity contribution in [1.29, 1.82) is 0 Å². The Morgan fingerprint density at radius 3 is 2.37 bits per heavy atom. The molecule has 164 valence electrons. The molecule has 2 N–H and O–H groups in total. The van der Waals surface area contributed by atoms with Gasteiger partial charge in [-0.1, -0.05) is 56.9 Å². The second-order valence-corrected chi connectivity index (χ2v) is 9.68. The number of anilines is 1. The number of carbonyl (C=O) groups excluding carboxylic acids is 1. The van der Waals surface area contributed by atoms with Gasteiger partial charge < -0.3 is 5.32 Å². The Bertz CT molecular complexity index is 984. The molecule has 6 heteroatoms. The number of sulfonamides is 1. The zero-order chi connectivity index (χ0) is 22.3. The van der Waals surface area contributed by atoms with Crippen LogP contribution in [-0.4, -0.2) is 20.9 Å². The summed E-state index contributed by atoms with van der Waals surface area (Å²) in [5.41, 5.74) is 3.40. The van der Waals surface area contributed by atoms with Crippen molar-refractivity contribution in [3.8, 4) is 0 Å². The highest BCUT2D eigenvalue weighted by Gasteiger charge is 2.20. The van der Waals surface area contributed by atoms with Crippen LogP contribution >= 0.6 is 0 Å². The van der Waals surface area contributed by atoms with Crippen molar-refractivity contribution in [3.63, 3.8) is 0 Å². The molecule has 0 bridgehead atoms. The van der Waals surface area contributed by atoms with Crippen molar-refractivity contribution in [1.82, 2.24) is 5.32 Å². The molecule has 30 heavy (non-hydrogen) atoms. The highest BCUT2D eigenvalue weighted by Crippen LogP contribution is 2.23. The molecule has 0 spiro atoms. The summed E-state index contributed by atoms with van der Waals surface area (Å²) in [5.74, 6) is 0.196. The summed E-state index contributed by atoms with van der Waals surface area (Å²) in [4.78, 5) is 12.8. The summed E-state index contributed by atoms with van der Waals surface area (Å²) >= 11 is 0. The van der Waals surface area contributed by atoms with Crippen LogP contribution in [0.3, 0.4) is 0 Å². The van der Waals surface area contributed by atoms with Gasteiger partial charge in [0.05, 0.1) is 10.6 Å². The summed E-state index contributed by atoms with van der Waals surface area (Å²) in [6, 6.07) is 10.4. The average Bonchev–Trinajstić information content (AvgIpc) is 2.70. The molecule has 5 nitrogen and oxygen atoms in total. The van der Waals surface area contributed by atoms with Gasteiger partial charge in [0.25, 0.3) is 15.9 Å². The molecule has 0 saturated carbocycles. The molecule has 0 fully saturated rings. The van der Waals surface area contributed by atoms with E-state index in [1.807, 2.05) is 26.0 Å². The third-order valence-electron chi connectivity index (χ3n) is 5.46. The van der Waals surface area contributed by atoms with E-state index in [0.717, 1.165) is 36.8 Å². The average molecular weight is 431 g/mol. The van der Waals surface area contributed by atoms with Crippen molar-refractivity contribution in [3.05, 3.63) is 58.7 Å². The first-order valence-electron chi connectivity index (χ1n) is 10.7. The van der Waals surface area contributed by atoms with E-state index in [9.17, 15) is 13.2 Å². The lowest BCUT2D eigenvalue weighted by molar-refractivity contribution is 0.0945. The van der Waals surface area contributed by atoms with Crippen LogP contribution in [0.15, 0.2) is 41.3 Å². The molecular formula is C24H34N2O3S. The minimum absolute atomic E-state index is 0.119. The predicted molar refractivity (Wildman–Crippen MR) is 124 cm³/mol. The van der Waals surface area contributed by atoms with Gasteiger partial charge in [-0.3, -0.25) is 9.52 Å². The summed E-state index contributed by atoms with van der Waals surface area (Å²) in [5, 5.41) is 2.97. The van der Waals surface area contributed by atoms with Gasteiger partial charge in [-0.15, -0.1) is 0 Å². The van der Waals surface area contributed by atoms with E-state index in [4.69, 9.17) is 0 Å². The van der Waals surface area contributed by atoms with Crippen LogP contribution in [0.2, 0.25) is 0 Å². The van der Waals surface area contributed by atoms with Crippen molar-refractivity contribution in [2.75, 3.05) is 11.3 Å². The maximum Gasteiger partial charge on any atom is 0.262 e. The first-order chi connectivity index (χ1) is 14.2. The van der Waals surface area contributed by atoms with Gasteiger partial charge in [0, 0.05) is 12.1 Å². The van der Waals surface area contributed by atoms with Gasteiger partial charge in [0.2, 0.25) is 0 Å². The van der Waals surface area contributed by atoms with E-state index in [1.54, 1.807) is 25.1 Å². The molecule has 1 amide bonds. The standard InChI is InChI=1S/C24H34N2O3S/c1-6-8-9-20(7-2)16-25-24(27)21-12-11-18(4)23(15-21)30(28,29)26-22-13-10-17(3)14-19(22)5/h10-15,20,26H,6-9,16H2,1-5H3,(H,25,27). The molecule has 0 aromatic heterocycles. The highest BCUT2D eigenvalue weighted by atomic mass is 32.2. The van der Waals surface area contributed by atoms with Gasteiger partial charge >= 0.3 is 0 Å². The summed E-state index contributed by atoms with van der Waals surface area (Å²) in [6.07, 6.45) is 4.37. The van der Waals surface area contributed by atoms with Crippen LogP contribution in [-0.2, 0) is 10.0 Å². The Morgan fingerprint density at radius 2 is 1.73 bits per heavy atom. The Hall–Kier alpha value is -2.34. The van der Waals surface area contributed by atoms with E-state index in [-0.39, 0.29) is 10.8 Å². The molecule has 2 aromatic rings. The number of benzene rings is 2. The second kappa shape index (κ2) is 10.6. The minimum Gasteiger partial charge on any atom is -0.352 e. The van der Waals surface area contributed by atoms with Crippen LogP contribution in [0, 0.1) is 26.7 Å². The SMILES string of the molecule is CCCCC(CC)CNC(=O)c1ccc(C)c(S(=O)(=O)Nc2ccc(C)cc2C)c1. The molecule has 0 aliphatic carbocycles. The number of hydrogen-bond acceptors (Lipinski definition) is 3. The minimum atomic E-state index is -3.81. The monoisotopic (exact) mass is 430 g/mol. The van der Waals surface area contributed by atoms with E-state index in [0.29, 0.717) is 29.3 Å². The number of rotatable bonds is 10. The normalized spacial score (nSPS) is 12.4. The molecule has 0 saturated heterocycles. The van der Waals surface area contributed by atoms with Crippen molar-refractivity contribution in [2.24, 2.45) is 5.92 Å². The fourth-order valence-electron chi connectivity index (χ4n) is 3.44. The lowest BCUT2D eigenvalue weighted by Gasteiger charge is -2.16. The van der Waals surface area contributed by atoms with E-state index >= 15 is 0 Å². The summed E-state index contributed by atoms with van der Waals surface area (Å²) in [6.45, 7) is 10.4. The second-order valence-electron chi connectivity index (χ2n) is 8.03. The third kappa shape index (κ3) is 6.33. The first kappa shape index (κ1) is 23.9. The largest absolute Gasteiger partial charge is 0.352 e. The molecule has 1 atom stereocenters. The zero-order valence-electron chi connectivity index (χ0n) is 18.7. The molecular weight excluding hydrogens is 396 g/mol. The van der Waals surface area contributed by atoms with Crippen LogP contribution in [0.1, 0.15) is 66.6 Å². The number of aryl methyl sites for hydroxylation is 3. The van der Waals surface area contributed by atoms with E-state index < -0.39 is 10.0 Å². The van der Waals surface area contributed by atoms with Gasteiger partial charge in [-0.05, 0) is 62.4 Å². The Labute approximate surface area is 181 Å². The lowest BCUT2D eigenvalue weighted by Crippen LogP contribution is -2.29. The van der Waals surface area contributed by atoms with Crippen molar-refractivity contribution in [2.45, 2.75) is 65.2 Å². The Balaban J connectivity index is 2.19. The number of unbranched alkanes of at least 4 members (excludes halogenated alkanes) is 1. The number of carbonyl (C=O) groups is 1. The molecule has 0 heterocycles. The fraction of sp³-hybridized carbons (Fsp3) is 0.458. The van der Waals surface area contributed by atoms with E-state index in [1.165, 1.54) is 6.07 Å². The van der Waals surface area contributed by atoms with Crippen LogP contribution in [0.4, 0.5) is 5.69 Å². The molecule has 0 radical (unpaired) electrons. The van der Waals surface area contributed by atoms with Crippen LogP contribution in [0.5, 0.6) is 0 Å². The van der Waals surface area contributed by atoms with Crippen LogP contribution in [0.25, 0.3) is 0 Å². The molecule has 0 aliphatic rings. The highest BCUT2D eigenvalue weighted by molar-refractivity contribution is 7.92. The fourth-order valence-corrected chi connectivity index (χ4v) is 4.84. The van der Waals surface area contributed by atoms with E-state index in [2.05, 4.69) is 23.9 Å². The van der Waals surface area contributed by atoms with Gasteiger partial charge in [0.1, 0.15) is 0 Å². The quantitative estimate of drug-likeness (QED) is 0.533. The maximum atomic E-state index is 13.0. The lowest BCUT2D eigenvalue weighted by atomic mass is 9.99. The Morgan fingerprint density at radius 1 is 1.00 bits per heavy atom. The Kier molecular flexibility index (Phi) is 8.47. The molecule has 2 aromatic carbocycles. The topological polar surface area (TPSA) is 75.3 Å². The van der Waals surface area contributed by atoms with Gasteiger partial charge in [-0.2, -0.15) is 0 Å². The van der Waals surface area contributed by atoms with Gasteiger partial charge in [-0.25, -0.2) is 8.42 Å². The first-order valence-corrected chi connectivity index (χ1v) is 12.1. The van der Waals surface area contributed by atoms with Gasteiger partial charge in [0.15, 0.2) is 0 Å². The number of amides is 1. The predicted octanol–water partition coefficient (Wildman–Crippen LogP) is 5.36. The summed E-state index contributed by atoms with van der Waals surface area (Å²) in [7, 11) is -3.81. The zero-order valence-corrected chi connectivity index (χ0v) is 19.5. The molecule has 2 rings (SSSR count). The maximum absolute atomic E-state index is 13.0. The number of nitrogens with one attached hydrogen (secondary N) is 2. The molecule has 1 unspecified atom stereocenters. The third-order valence-corrected chi connectivity index (χ3v) is 6.97. The number of hydrogen-bond donors (Lipinski definition) is 2. The summed E-state index contributed by atoms with van der Waals surface area (Å²) < 4.78 is 28.7. The smallest absolute Gasteiger partial charge is 0.262 e. The molecule has 0 aliphatic heterocycles. The van der Waals surface area contributed by atoms with Crippen molar-refractivity contribution < 1.29 is 13.2 Å². The van der Waals surface area contributed by atoms with Crippen LogP contribution < -0.4 is 10.0 Å². The van der Waals surface area contributed by atoms with Crippen molar-refractivity contribution >= 4 is 21.6 Å².